The van der Waals surface area contributed by atoms with Crippen LogP contribution in [-0.2, 0) is 0 Å². The number of aliphatic hydroxyl groups is 1. The van der Waals surface area contributed by atoms with Crippen molar-refractivity contribution in [3.63, 3.8) is 0 Å². The topological polar surface area (TPSA) is 44.0 Å². The Hall–Kier alpha value is -0.0800. The lowest BCUT2D eigenvalue weighted by atomic mass is 10.1. The molecule has 0 bridgehead atoms. The van der Waals surface area contributed by atoms with Gasteiger partial charge in [0.2, 0.25) is 0 Å². The van der Waals surface area contributed by atoms with E-state index in [0.717, 1.165) is 6.42 Å². The van der Waals surface area contributed by atoms with Crippen LogP contribution in [0.25, 0.3) is 0 Å². The first-order chi connectivity index (χ1) is 3.18. The van der Waals surface area contributed by atoms with E-state index in [0.29, 0.717) is 0 Å². The van der Waals surface area contributed by atoms with Crippen molar-refractivity contribution in [1.29, 1.82) is 0 Å². The summed E-state index contributed by atoms with van der Waals surface area (Å²) in [6.45, 7) is 3.53. The molecule has 0 aliphatic heterocycles. The van der Waals surface area contributed by atoms with E-state index in [1.54, 1.807) is 6.92 Å². The first kappa shape index (κ1) is 6.92. The van der Waals surface area contributed by atoms with Crippen LogP contribution in [0.15, 0.2) is 0 Å². The maximum Gasteiger partial charge on any atom is 0.0678 e. The molecule has 7 heavy (non-hydrogen) atoms. The Morgan fingerprint density at radius 2 is 2.14 bits per heavy atom. The summed E-state index contributed by atoms with van der Waals surface area (Å²) in [6, 6.07) is -0.292. The lowest BCUT2D eigenvalue weighted by molar-refractivity contribution is 0.158. The van der Waals surface area contributed by atoms with Crippen LogP contribution in [0.5, 0.6) is 0 Å². The molecule has 43 valence electrons. The molecule has 0 saturated carbocycles. The molecule has 0 rings (SSSR count). The minimum Gasteiger partial charge on any atom is -0.392 e. The van der Waals surface area contributed by atoms with Gasteiger partial charge in [-0.2, -0.15) is 0 Å². The lowest BCUT2D eigenvalue weighted by Crippen LogP contribution is -2.22. The Balaban J connectivity index is 3.14. The molecule has 0 aromatic heterocycles. The van der Waals surface area contributed by atoms with E-state index in [1.807, 2.05) is 6.92 Å². The maximum absolute atomic E-state index is 8.63. The van der Waals surface area contributed by atoms with Crippen LogP contribution in [0.2, 0.25) is 0 Å². The van der Waals surface area contributed by atoms with E-state index in [2.05, 4.69) is 0 Å². The van der Waals surface area contributed by atoms with Gasteiger partial charge in [0, 0.05) is 6.04 Å². The van der Waals surface area contributed by atoms with Crippen molar-refractivity contribution < 1.29 is 5.11 Å². The second kappa shape index (κ2) is 2.99. The van der Waals surface area contributed by atoms with Crippen LogP contribution in [-0.4, -0.2) is 17.3 Å². The number of rotatable bonds is 2. The predicted molar refractivity (Wildman–Crippen MR) is 28.9 cm³/mol. The Morgan fingerprint density at radius 1 is 1.71 bits per heavy atom. The fourth-order valence-electron chi connectivity index (χ4n) is 0.341. The highest BCUT2D eigenvalue weighted by Crippen LogP contribution is 1.93. The number of hydrogen-bond acceptors (Lipinski definition) is 1. The summed E-state index contributed by atoms with van der Waals surface area (Å²) < 4.78 is 0. The molecule has 0 spiro atoms. The average molecular weight is 102 g/mol. The van der Waals surface area contributed by atoms with Crippen LogP contribution in [0.4, 0.5) is 0 Å². The van der Waals surface area contributed by atoms with E-state index < -0.39 is 6.10 Å². The molecule has 0 aromatic rings. The molecule has 2 atom stereocenters. The summed E-state index contributed by atoms with van der Waals surface area (Å²) in [5, 5.41) is 8.63. The van der Waals surface area contributed by atoms with E-state index in [1.165, 1.54) is 0 Å². The molecule has 0 aliphatic carbocycles. The molecular weight excluding hydrogens is 90.1 g/mol. The predicted octanol–water partition coefficient (Wildman–Crippen LogP) is 0.429. The van der Waals surface area contributed by atoms with Gasteiger partial charge in [-0.25, -0.2) is 0 Å². The largest absolute Gasteiger partial charge is 0.392 e. The van der Waals surface area contributed by atoms with Crippen LogP contribution in [0, 0.1) is 0 Å². The maximum atomic E-state index is 8.63. The molecule has 1 radical (unpaired) electrons. The van der Waals surface area contributed by atoms with Crippen LogP contribution in [0.1, 0.15) is 20.3 Å². The van der Waals surface area contributed by atoms with E-state index in [4.69, 9.17) is 10.8 Å². The van der Waals surface area contributed by atoms with E-state index >= 15 is 0 Å². The van der Waals surface area contributed by atoms with Gasteiger partial charge in [0.05, 0.1) is 6.10 Å². The molecule has 0 saturated heterocycles. The molecule has 0 heterocycles. The highest BCUT2D eigenvalue weighted by molar-refractivity contribution is 4.62. The molecule has 2 unspecified atom stereocenters. The first-order valence-corrected chi connectivity index (χ1v) is 2.57. The van der Waals surface area contributed by atoms with E-state index in [-0.39, 0.29) is 6.04 Å². The minimum absolute atomic E-state index is 0.292. The van der Waals surface area contributed by atoms with Gasteiger partial charge in [0.1, 0.15) is 0 Å². The van der Waals surface area contributed by atoms with Crippen LogP contribution >= 0.6 is 0 Å². The summed E-state index contributed by atoms with van der Waals surface area (Å²) in [5.41, 5.74) is 7.03. The summed E-state index contributed by atoms with van der Waals surface area (Å²) in [7, 11) is 0. The fraction of sp³-hybridized carbons (Fsp3) is 1.00. The summed E-state index contributed by atoms with van der Waals surface area (Å²) in [6.07, 6.45) is 0.266. The third kappa shape index (κ3) is 2.60. The molecule has 2 heteroatoms. The second-order valence-corrected chi connectivity index (χ2v) is 1.76. The average Bonchev–Trinajstić information content (AvgIpc) is 1.65. The number of aliphatic hydroxyl groups excluding tert-OH is 1. The van der Waals surface area contributed by atoms with Gasteiger partial charge < -0.3 is 5.11 Å². The van der Waals surface area contributed by atoms with Crippen molar-refractivity contribution in [3.8, 4) is 0 Å². The first-order valence-electron chi connectivity index (χ1n) is 2.57. The van der Waals surface area contributed by atoms with Crippen LogP contribution in [0.3, 0.4) is 0 Å². The highest BCUT2D eigenvalue weighted by Gasteiger charge is 2.04. The van der Waals surface area contributed by atoms with Gasteiger partial charge in [0.15, 0.2) is 0 Å². The van der Waals surface area contributed by atoms with Crippen molar-refractivity contribution >= 4 is 0 Å². The van der Waals surface area contributed by atoms with Crippen molar-refractivity contribution in [1.82, 2.24) is 5.73 Å². The van der Waals surface area contributed by atoms with Gasteiger partial charge in [-0.15, -0.1) is 0 Å². The van der Waals surface area contributed by atoms with Crippen molar-refractivity contribution in [2.45, 2.75) is 32.4 Å². The quantitative estimate of drug-likeness (QED) is 0.539. The molecule has 0 amide bonds. The monoisotopic (exact) mass is 102 g/mol. The zero-order valence-corrected chi connectivity index (χ0v) is 4.81. The Labute approximate surface area is 44.3 Å². The minimum atomic E-state index is -0.468. The highest BCUT2D eigenvalue weighted by atomic mass is 16.3. The van der Waals surface area contributed by atoms with Gasteiger partial charge in [-0.3, -0.25) is 5.73 Å². The summed E-state index contributed by atoms with van der Waals surface area (Å²) in [5.74, 6) is 0. The zero-order chi connectivity index (χ0) is 5.86. The van der Waals surface area contributed by atoms with Crippen molar-refractivity contribution in [3.05, 3.63) is 0 Å². The molecule has 0 aromatic carbocycles. The Kier molecular flexibility index (Phi) is 2.96. The van der Waals surface area contributed by atoms with Gasteiger partial charge in [0.25, 0.3) is 0 Å². The third-order valence-corrected chi connectivity index (χ3v) is 1.02. The van der Waals surface area contributed by atoms with E-state index in [9.17, 15) is 0 Å². The molecule has 2 nitrogen and oxygen atoms in total. The molecule has 0 aliphatic rings. The van der Waals surface area contributed by atoms with Crippen LogP contribution < -0.4 is 5.73 Å². The third-order valence-electron chi connectivity index (χ3n) is 1.02. The Bertz CT molecular complexity index is 45.3. The second-order valence-electron chi connectivity index (χ2n) is 1.76. The molecular formula is C5H12NO. The fourth-order valence-corrected chi connectivity index (χ4v) is 0.341. The van der Waals surface area contributed by atoms with Gasteiger partial charge in [-0.05, 0) is 13.3 Å². The van der Waals surface area contributed by atoms with Gasteiger partial charge >= 0.3 is 0 Å². The summed E-state index contributed by atoms with van der Waals surface area (Å²) in [4.78, 5) is 0. The van der Waals surface area contributed by atoms with Crippen molar-refractivity contribution in [2.24, 2.45) is 0 Å². The van der Waals surface area contributed by atoms with Gasteiger partial charge in [-0.1, -0.05) is 6.92 Å². The standard InChI is InChI=1S/C5H12NO/c1-3-5(6)4(2)7/h4-7H,3H2,1-2H3. The SMILES string of the molecule is CCC([NH])C(C)O. The smallest absolute Gasteiger partial charge is 0.0678 e. The number of hydrogen-bond donors (Lipinski definition) is 1. The van der Waals surface area contributed by atoms with Crippen molar-refractivity contribution in [2.75, 3.05) is 0 Å². The molecule has 2 N–H and O–H groups in total. The molecule has 0 fully saturated rings. The number of nitrogens with one attached hydrogen (secondary N) is 1. The summed E-state index contributed by atoms with van der Waals surface area (Å²) >= 11 is 0. The lowest BCUT2D eigenvalue weighted by Gasteiger charge is -2.08. The Morgan fingerprint density at radius 3 is 2.14 bits per heavy atom. The zero-order valence-electron chi connectivity index (χ0n) is 4.81. The normalized spacial score (nSPS) is 18.9.